The van der Waals surface area contributed by atoms with E-state index in [1.54, 1.807) is 0 Å². The first-order chi connectivity index (χ1) is 12.2. The molecular formula is C19H20N2O4. The molecular weight excluding hydrogens is 320 g/mol. The van der Waals surface area contributed by atoms with Gasteiger partial charge in [0.1, 0.15) is 17.9 Å². The van der Waals surface area contributed by atoms with Crippen LogP contribution in [-0.2, 0) is 16.0 Å². The van der Waals surface area contributed by atoms with Crippen molar-refractivity contribution in [2.24, 2.45) is 0 Å². The Balaban J connectivity index is 1.51. The predicted molar refractivity (Wildman–Crippen MR) is 94.9 cm³/mol. The highest BCUT2D eigenvalue weighted by molar-refractivity contribution is 5.74. The van der Waals surface area contributed by atoms with E-state index < -0.39 is 0 Å². The standard InChI is InChI=1S/C19H20N2O4/c1-21(19-20-16-5-3-4-6-17(16)25-19)11-12-24-15-9-7-14(8-10-15)13-18(22)23-2/h3-10H,11-13H2,1-2H3. The maximum atomic E-state index is 11.2. The number of nitrogens with zero attached hydrogens (tertiary/aromatic N) is 2. The molecule has 0 aliphatic carbocycles. The fraction of sp³-hybridized carbons (Fsp3) is 0.263. The van der Waals surface area contributed by atoms with Crippen LogP contribution in [0, 0.1) is 0 Å². The number of benzene rings is 2. The molecule has 0 bridgehead atoms. The minimum atomic E-state index is -0.256. The van der Waals surface area contributed by atoms with Crippen LogP contribution >= 0.6 is 0 Å². The van der Waals surface area contributed by atoms with Gasteiger partial charge in [-0.15, -0.1) is 0 Å². The Kier molecular flexibility index (Phi) is 5.18. The fourth-order valence-corrected chi connectivity index (χ4v) is 2.36. The number of carbonyl (C=O) groups excluding carboxylic acids is 1. The molecule has 0 N–H and O–H groups in total. The number of fused-ring (bicyclic) bond motifs is 1. The number of esters is 1. The van der Waals surface area contributed by atoms with Crippen LogP contribution in [-0.4, -0.2) is 38.3 Å². The molecule has 6 nitrogen and oxygen atoms in total. The molecule has 0 atom stereocenters. The lowest BCUT2D eigenvalue weighted by atomic mass is 10.1. The molecule has 0 saturated heterocycles. The van der Waals surface area contributed by atoms with Crippen LogP contribution in [0.25, 0.3) is 11.1 Å². The Labute approximate surface area is 146 Å². The molecule has 1 aromatic heterocycles. The van der Waals surface area contributed by atoms with Crippen molar-refractivity contribution >= 4 is 23.1 Å². The minimum Gasteiger partial charge on any atom is -0.492 e. The number of para-hydroxylation sites is 2. The van der Waals surface area contributed by atoms with Gasteiger partial charge in [0.25, 0.3) is 6.01 Å². The summed E-state index contributed by atoms with van der Waals surface area (Å²) in [5.74, 6) is 0.494. The van der Waals surface area contributed by atoms with Crippen LogP contribution in [0.5, 0.6) is 5.75 Å². The van der Waals surface area contributed by atoms with E-state index in [0.717, 1.165) is 22.4 Å². The van der Waals surface area contributed by atoms with Gasteiger partial charge < -0.3 is 18.8 Å². The largest absolute Gasteiger partial charge is 0.492 e. The van der Waals surface area contributed by atoms with Crippen molar-refractivity contribution in [2.45, 2.75) is 6.42 Å². The summed E-state index contributed by atoms with van der Waals surface area (Å²) in [5.41, 5.74) is 2.50. The summed E-state index contributed by atoms with van der Waals surface area (Å²) in [7, 11) is 3.29. The Morgan fingerprint density at radius 1 is 1.16 bits per heavy atom. The van der Waals surface area contributed by atoms with Crippen LogP contribution in [0.2, 0.25) is 0 Å². The van der Waals surface area contributed by atoms with Crippen molar-refractivity contribution in [1.82, 2.24) is 4.98 Å². The van der Waals surface area contributed by atoms with Crippen molar-refractivity contribution in [3.8, 4) is 5.75 Å². The average molecular weight is 340 g/mol. The minimum absolute atomic E-state index is 0.256. The van der Waals surface area contributed by atoms with E-state index in [-0.39, 0.29) is 12.4 Å². The Morgan fingerprint density at radius 2 is 1.92 bits per heavy atom. The van der Waals surface area contributed by atoms with Gasteiger partial charge in [0.2, 0.25) is 0 Å². The summed E-state index contributed by atoms with van der Waals surface area (Å²) < 4.78 is 16.1. The third-order valence-corrected chi connectivity index (χ3v) is 3.80. The SMILES string of the molecule is COC(=O)Cc1ccc(OCCN(C)c2nc3ccccc3o2)cc1. The van der Waals surface area contributed by atoms with Crippen molar-refractivity contribution < 1.29 is 18.7 Å². The summed E-state index contributed by atoms with van der Waals surface area (Å²) in [4.78, 5) is 17.6. The van der Waals surface area contributed by atoms with Crippen molar-refractivity contribution in [1.29, 1.82) is 0 Å². The summed E-state index contributed by atoms with van der Waals surface area (Å²) >= 11 is 0. The highest BCUT2D eigenvalue weighted by Crippen LogP contribution is 2.20. The molecule has 3 rings (SSSR count). The molecule has 25 heavy (non-hydrogen) atoms. The number of oxazole rings is 1. The number of likely N-dealkylation sites (N-methyl/N-ethyl adjacent to an activating group) is 1. The van der Waals surface area contributed by atoms with E-state index >= 15 is 0 Å². The topological polar surface area (TPSA) is 64.8 Å². The van der Waals surface area contributed by atoms with Gasteiger partial charge in [0, 0.05) is 7.05 Å². The zero-order valence-corrected chi connectivity index (χ0v) is 14.3. The first-order valence-corrected chi connectivity index (χ1v) is 8.01. The zero-order chi connectivity index (χ0) is 17.6. The number of carbonyl (C=O) groups is 1. The van der Waals surface area contributed by atoms with Gasteiger partial charge in [0.15, 0.2) is 5.58 Å². The van der Waals surface area contributed by atoms with E-state index in [1.807, 2.05) is 60.5 Å². The Hall–Kier alpha value is -3.02. The smallest absolute Gasteiger partial charge is 0.309 e. The first-order valence-electron chi connectivity index (χ1n) is 8.01. The predicted octanol–water partition coefficient (Wildman–Crippen LogP) is 3.06. The molecule has 0 fully saturated rings. The van der Waals surface area contributed by atoms with Crippen LogP contribution in [0.1, 0.15) is 5.56 Å². The molecule has 130 valence electrons. The van der Waals surface area contributed by atoms with Crippen LogP contribution < -0.4 is 9.64 Å². The van der Waals surface area contributed by atoms with Gasteiger partial charge >= 0.3 is 5.97 Å². The molecule has 0 unspecified atom stereocenters. The van der Waals surface area contributed by atoms with E-state index in [2.05, 4.69) is 9.72 Å². The molecule has 3 aromatic rings. The lowest BCUT2D eigenvalue weighted by Crippen LogP contribution is -2.23. The van der Waals surface area contributed by atoms with E-state index in [4.69, 9.17) is 9.15 Å². The van der Waals surface area contributed by atoms with Crippen molar-refractivity contribution in [2.75, 3.05) is 32.2 Å². The molecule has 0 radical (unpaired) electrons. The summed E-state index contributed by atoms with van der Waals surface area (Å²) in [6.45, 7) is 1.13. The quantitative estimate of drug-likeness (QED) is 0.616. The highest BCUT2D eigenvalue weighted by atomic mass is 16.5. The second kappa shape index (κ2) is 7.70. The summed E-state index contributed by atoms with van der Waals surface area (Å²) in [5, 5.41) is 0. The van der Waals surface area contributed by atoms with E-state index in [0.29, 0.717) is 19.2 Å². The maximum Gasteiger partial charge on any atom is 0.309 e. The number of hydrogen-bond donors (Lipinski definition) is 0. The van der Waals surface area contributed by atoms with Gasteiger partial charge in [-0.05, 0) is 29.8 Å². The second-order valence-electron chi connectivity index (χ2n) is 5.63. The third-order valence-electron chi connectivity index (χ3n) is 3.80. The number of rotatable bonds is 7. The average Bonchev–Trinajstić information content (AvgIpc) is 3.07. The lowest BCUT2D eigenvalue weighted by molar-refractivity contribution is -0.139. The highest BCUT2D eigenvalue weighted by Gasteiger charge is 2.10. The van der Waals surface area contributed by atoms with Gasteiger partial charge in [-0.1, -0.05) is 24.3 Å². The number of anilines is 1. The number of ether oxygens (including phenoxy) is 2. The first kappa shape index (κ1) is 16.8. The molecule has 0 aliphatic rings. The van der Waals surface area contributed by atoms with Crippen LogP contribution in [0.3, 0.4) is 0 Å². The van der Waals surface area contributed by atoms with Gasteiger partial charge in [-0.25, -0.2) is 0 Å². The maximum absolute atomic E-state index is 11.2. The van der Waals surface area contributed by atoms with Crippen LogP contribution in [0.15, 0.2) is 52.9 Å². The molecule has 0 saturated carbocycles. The zero-order valence-electron chi connectivity index (χ0n) is 14.3. The van der Waals surface area contributed by atoms with Gasteiger partial charge in [-0.3, -0.25) is 4.79 Å². The molecule has 0 spiro atoms. The Morgan fingerprint density at radius 3 is 2.64 bits per heavy atom. The van der Waals surface area contributed by atoms with Crippen molar-refractivity contribution in [3.63, 3.8) is 0 Å². The van der Waals surface area contributed by atoms with Gasteiger partial charge in [-0.2, -0.15) is 4.98 Å². The second-order valence-corrected chi connectivity index (χ2v) is 5.63. The number of methoxy groups -OCH3 is 1. The number of hydrogen-bond acceptors (Lipinski definition) is 6. The van der Waals surface area contributed by atoms with E-state index in [9.17, 15) is 4.79 Å². The molecule has 6 heteroatoms. The van der Waals surface area contributed by atoms with E-state index in [1.165, 1.54) is 7.11 Å². The monoisotopic (exact) mass is 340 g/mol. The third kappa shape index (κ3) is 4.29. The normalized spacial score (nSPS) is 10.6. The van der Waals surface area contributed by atoms with Crippen LogP contribution in [0.4, 0.5) is 6.01 Å². The molecule has 0 aliphatic heterocycles. The summed E-state index contributed by atoms with van der Waals surface area (Å²) in [6, 6.07) is 15.6. The van der Waals surface area contributed by atoms with Gasteiger partial charge in [0.05, 0.1) is 20.1 Å². The fourth-order valence-electron chi connectivity index (χ4n) is 2.36. The summed E-state index contributed by atoms with van der Waals surface area (Å²) in [6.07, 6.45) is 0.261. The molecule has 2 aromatic carbocycles. The van der Waals surface area contributed by atoms with Crippen molar-refractivity contribution in [3.05, 3.63) is 54.1 Å². The Bertz CT molecular complexity index is 809. The molecule has 1 heterocycles. The lowest BCUT2D eigenvalue weighted by Gasteiger charge is -2.15. The molecule has 0 amide bonds. The number of aromatic nitrogens is 1.